The number of carbonyl (C=O) groups is 1. The van der Waals surface area contributed by atoms with Crippen LogP contribution in [0.25, 0.3) is 11.1 Å². The molecule has 0 radical (unpaired) electrons. The second-order valence-electron chi connectivity index (χ2n) is 6.00. The molecule has 1 aromatic carbocycles. The first-order valence-corrected chi connectivity index (χ1v) is 8.67. The lowest BCUT2D eigenvalue weighted by atomic mass is 10.2. The number of carbonyl (C=O) groups excluding carboxylic acids is 1. The highest BCUT2D eigenvalue weighted by Gasteiger charge is 2.22. The third-order valence-corrected chi connectivity index (χ3v) is 5.18. The number of aryl methyl sites for hydroxylation is 3. The molecule has 8 heteroatoms. The summed E-state index contributed by atoms with van der Waals surface area (Å²) in [5.41, 5.74) is 2.62. The molecular formula is C17H20N4O3S. The lowest BCUT2D eigenvalue weighted by Gasteiger charge is -2.24. The normalized spacial score (nSPS) is 12.4. The fraction of sp³-hybridized carbons (Fsp3) is 0.353. The summed E-state index contributed by atoms with van der Waals surface area (Å²) in [5, 5.41) is 3.84. The molecule has 1 N–H and O–H groups in total. The highest BCUT2D eigenvalue weighted by atomic mass is 32.1. The highest BCUT2D eigenvalue weighted by molar-refractivity contribution is 7.11. The summed E-state index contributed by atoms with van der Waals surface area (Å²) in [6.07, 6.45) is 0. The average molecular weight is 360 g/mol. The van der Waals surface area contributed by atoms with Crippen LogP contribution in [0.1, 0.15) is 28.5 Å². The van der Waals surface area contributed by atoms with Gasteiger partial charge in [0, 0.05) is 24.7 Å². The number of aromatic nitrogens is 2. The number of rotatable bonds is 3. The second kappa shape index (κ2) is 6.36. The maximum absolute atomic E-state index is 12.6. The lowest BCUT2D eigenvalue weighted by molar-refractivity contribution is 0.207. The van der Waals surface area contributed by atoms with Gasteiger partial charge in [0.2, 0.25) is 0 Å². The predicted molar refractivity (Wildman–Crippen MR) is 98.2 cm³/mol. The van der Waals surface area contributed by atoms with E-state index in [9.17, 15) is 9.59 Å². The van der Waals surface area contributed by atoms with Crippen LogP contribution in [0.5, 0.6) is 0 Å². The van der Waals surface area contributed by atoms with Crippen LogP contribution in [0, 0.1) is 13.8 Å². The van der Waals surface area contributed by atoms with Gasteiger partial charge in [-0.1, -0.05) is 0 Å². The minimum atomic E-state index is -0.432. The van der Waals surface area contributed by atoms with Crippen LogP contribution >= 0.6 is 11.3 Å². The van der Waals surface area contributed by atoms with E-state index < -0.39 is 5.76 Å². The standard InChI is InChI=1S/C17H20N4O3S/c1-9(15-10(2)25-11(3)18-15)20(4)16(22)19-12-6-7-14-13(8-12)21(5)17(23)24-14/h6-9H,1-5H3,(H,19,22)/t9-/m0/s1. The summed E-state index contributed by atoms with van der Waals surface area (Å²) in [6.45, 7) is 5.91. The molecule has 3 aromatic rings. The Labute approximate surface area is 148 Å². The Morgan fingerprint density at radius 3 is 2.76 bits per heavy atom. The zero-order chi connectivity index (χ0) is 18.3. The SMILES string of the molecule is Cc1nc([C@H](C)N(C)C(=O)Nc2ccc3oc(=O)n(C)c3c2)c(C)s1. The summed E-state index contributed by atoms with van der Waals surface area (Å²) in [7, 11) is 3.36. The van der Waals surface area contributed by atoms with E-state index in [2.05, 4.69) is 10.3 Å². The molecule has 0 aliphatic rings. The number of hydrogen-bond donors (Lipinski definition) is 1. The van der Waals surface area contributed by atoms with Gasteiger partial charge in [0.1, 0.15) is 0 Å². The maximum Gasteiger partial charge on any atom is 0.419 e. The van der Waals surface area contributed by atoms with Crippen molar-refractivity contribution in [3.63, 3.8) is 0 Å². The molecule has 2 aromatic heterocycles. The van der Waals surface area contributed by atoms with Crippen molar-refractivity contribution in [1.29, 1.82) is 0 Å². The third kappa shape index (κ3) is 3.17. The average Bonchev–Trinajstić information content (AvgIpc) is 3.05. The Morgan fingerprint density at radius 1 is 1.40 bits per heavy atom. The molecule has 2 heterocycles. The van der Waals surface area contributed by atoms with Gasteiger partial charge in [-0.05, 0) is 39.0 Å². The third-order valence-electron chi connectivity index (χ3n) is 4.28. The van der Waals surface area contributed by atoms with Crippen molar-refractivity contribution < 1.29 is 9.21 Å². The Kier molecular flexibility index (Phi) is 4.38. The zero-order valence-corrected chi connectivity index (χ0v) is 15.6. The molecule has 0 bridgehead atoms. The van der Waals surface area contributed by atoms with Gasteiger partial charge in [-0.15, -0.1) is 11.3 Å². The molecule has 1 atom stereocenters. The van der Waals surface area contributed by atoms with Gasteiger partial charge in [-0.25, -0.2) is 14.6 Å². The van der Waals surface area contributed by atoms with E-state index in [1.54, 1.807) is 48.5 Å². The first kappa shape index (κ1) is 17.2. The van der Waals surface area contributed by atoms with E-state index in [0.29, 0.717) is 16.8 Å². The van der Waals surface area contributed by atoms with E-state index in [4.69, 9.17) is 4.42 Å². The number of hydrogen-bond acceptors (Lipinski definition) is 5. The maximum atomic E-state index is 12.6. The summed E-state index contributed by atoms with van der Waals surface area (Å²) >= 11 is 1.62. The van der Waals surface area contributed by atoms with E-state index in [0.717, 1.165) is 15.6 Å². The van der Waals surface area contributed by atoms with Crippen molar-refractivity contribution in [2.75, 3.05) is 12.4 Å². The molecule has 3 rings (SSSR count). The van der Waals surface area contributed by atoms with E-state index >= 15 is 0 Å². The lowest BCUT2D eigenvalue weighted by Crippen LogP contribution is -2.34. The Bertz CT molecular complexity index is 1000. The topological polar surface area (TPSA) is 80.4 Å². The summed E-state index contributed by atoms with van der Waals surface area (Å²) in [5.74, 6) is -0.432. The van der Waals surface area contributed by atoms with Crippen molar-refractivity contribution >= 4 is 34.2 Å². The Morgan fingerprint density at radius 2 is 2.12 bits per heavy atom. The number of thiazole rings is 1. The number of benzene rings is 1. The van der Waals surface area contributed by atoms with Gasteiger partial charge in [0.05, 0.1) is 22.3 Å². The van der Waals surface area contributed by atoms with Gasteiger partial charge in [0.15, 0.2) is 5.58 Å². The zero-order valence-electron chi connectivity index (χ0n) is 14.8. The summed E-state index contributed by atoms with van der Waals surface area (Å²) in [4.78, 5) is 31.4. The van der Waals surface area contributed by atoms with Crippen LogP contribution in [0.2, 0.25) is 0 Å². The van der Waals surface area contributed by atoms with Crippen molar-refractivity contribution in [2.24, 2.45) is 7.05 Å². The first-order valence-electron chi connectivity index (χ1n) is 7.85. The molecule has 0 aliphatic heterocycles. The molecule has 0 saturated carbocycles. The number of nitrogens with one attached hydrogen (secondary N) is 1. The number of urea groups is 1. The van der Waals surface area contributed by atoms with Crippen LogP contribution < -0.4 is 11.1 Å². The largest absolute Gasteiger partial charge is 0.419 e. The summed E-state index contributed by atoms with van der Waals surface area (Å²) < 4.78 is 6.50. The molecule has 7 nitrogen and oxygen atoms in total. The van der Waals surface area contributed by atoms with E-state index in [1.165, 1.54) is 4.57 Å². The Balaban J connectivity index is 1.80. The molecule has 0 saturated heterocycles. The molecule has 0 spiro atoms. The van der Waals surface area contributed by atoms with Crippen LogP contribution in [0.4, 0.5) is 10.5 Å². The first-order chi connectivity index (χ1) is 11.8. The summed E-state index contributed by atoms with van der Waals surface area (Å²) in [6, 6.07) is 4.70. The number of oxazole rings is 1. The van der Waals surface area contributed by atoms with E-state index in [-0.39, 0.29) is 12.1 Å². The van der Waals surface area contributed by atoms with Gasteiger partial charge in [-0.2, -0.15) is 0 Å². The molecular weight excluding hydrogens is 340 g/mol. The molecule has 0 unspecified atom stereocenters. The molecule has 0 aliphatic carbocycles. The molecule has 25 heavy (non-hydrogen) atoms. The minimum Gasteiger partial charge on any atom is -0.408 e. The van der Waals surface area contributed by atoms with Gasteiger partial charge in [-0.3, -0.25) is 4.57 Å². The monoisotopic (exact) mass is 360 g/mol. The smallest absolute Gasteiger partial charge is 0.408 e. The van der Waals surface area contributed by atoms with Crippen LogP contribution in [-0.4, -0.2) is 27.5 Å². The highest BCUT2D eigenvalue weighted by Crippen LogP contribution is 2.26. The molecule has 0 fully saturated rings. The van der Waals surface area contributed by atoms with Crippen LogP contribution in [-0.2, 0) is 7.05 Å². The van der Waals surface area contributed by atoms with Gasteiger partial charge in [0.25, 0.3) is 0 Å². The van der Waals surface area contributed by atoms with Crippen LogP contribution in [0.15, 0.2) is 27.4 Å². The van der Waals surface area contributed by atoms with Crippen molar-refractivity contribution in [3.05, 3.63) is 44.3 Å². The molecule has 2 amide bonds. The fourth-order valence-corrected chi connectivity index (χ4v) is 3.62. The number of anilines is 1. The van der Waals surface area contributed by atoms with Crippen molar-refractivity contribution in [1.82, 2.24) is 14.5 Å². The number of amides is 2. The molecule has 132 valence electrons. The minimum absolute atomic E-state index is 0.146. The Hall–Kier alpha value is -2.61. The van der Waals surface area contributed by atoms with Crippen LogP contribution in [0.3, 0.4) is 0 Å². The second-order valence-corrected chi connectivity index (χ2v) is 7.41. The van der Waals surface area contributed by atoms with Crippen molar-refractivity contribution in [2.45, 2.75) is 26.8 Å². The van der Waals surface area contributed by atoms with Gasteiger partial charge >= 0.3 is 11.8 Å². The quantitative estimate of drug-likeness (QED) is 0.776. The van der Waals surface area contributed by atoms with Crippen molar-refractivity contribution in [3.8, 4) is 0 Å². The van der Waals surface area contributed by atoms with E-state index in [1.807, 2.05) is 20.8 Å². The number of fused-ring (bicyclic) bond motifs is 1. The fourth-order valence-electron chi connectivity index (χ4n) is 2.71. The van der Waals surface area contributed by atoms with Gasteiger partial charge < -0.3 is 14.6 Å². The number of nitrogens with zero attached hydrogens (tertiary/aromatic N) is 3. The predicted octanol–water partition coefficient (Wildman–Crippen LogP) is 3.43.